The number of benzene rings is 2. The summed E-state index contributed by atoms with van der Waals surface area (Å²) in [5.41, 5.74) is 9.29. The van der Waals surface area contributed by atoms with Gasteiger partial charge in [0.05, 0.1) is 11.4 Å². The van der Waals surface area contributed by atoms with Crippen molar-refractivity contribution in [3.8, 4) is 0 Å². The summed E-state index contributed by atoms with van der Waals surface area (Å²) in [5.74, 6) is 1.97. The zero-order valence-electron chi connectivity index (χ0n) is 18.0. The summed E-state index contributed by atoms with van der Waals surface area (Å²) in [6.07, 6.45) is 3.29. The number of anilines is 3. The molecular weight excluding hydrogens is 342 g/mol. The third-order valence-corrected chi connectivity index (χ3v) is 5.82. The first-order valence-corrected chi connectivity index (χ1v) is 10.3. The number of aryl methyl sites for hydroxylation is 5. The van der Waals surface area contributed by atoms with Gasteiger partial charge in [0.25, 0.3) is 0 Å². The van der Waals surface area contributed by atoms with E-state index in [0.717, 1.165) is 30.9 Å². The molecule has 0 spiro atoms. The van der Waals surface area contributed by atoms with E-state index in [1.807, 2.05) is 0 Å². The van der Waals surface area contributed by atoms with Crippen molar-refractivity contribution in [3.05, 3.63) is 76.0 Å². The van der Waals surface area contributed by atoms with Gasteiger partial charge in [-0.15, -0.1) is 0 Å². The molecule has 28 heavy (non-hydrogen) atoms. The highest BCUT2D eigenvalue weighted by molar-refractivity contribution is 5.81. The van der Waals surface area contributed by atoms with Crippen molar-refractivity contribution in [2.24, 2.45) is 0 Å². The fourth-order valence-electron chi connectivity index (χ4n) is 4.41. The first-order valence-electron chi connectivity index (χ1n) is 10.3. The molecule has 2 nitrogen and oxygen atoms in total. The quantitative estimate of drug-likeness (QED) is 0.440. The van der Waals surface area contributed by atoms with Crippen LogP contribution in [0.3, 0.4) is 0 Å². The summed E-state index contributed by atoms with van der Waals surface area (Å²) >= 11 is 0. The van der Waals surface area contributed by atoms with Crippen molar-refractivity contribution >= 4 is 17.3 Å². The van der Waals surface area contributed by atoms with Gasteiger partial charge in [-0.2, -0.15) is 0 Å². The molecule has 0 amide bonds. The molecule has 0 aliphatic carbocycles. The zero-order valence-corrected chi connectivity index (χ0v) is 18.0. The summed E-state index contributed by atoms with van der Waals surface area (Å²) in [6, 6.07) is 15.7. The first kappa shape index (κ1) is 18.9. The molecule has 0 saturated carbocycles. The lowest BCUT2D eigenvalue weighted by Gasteiger charge is -2.32. The van der Waals surface area contributed by atoms with Gasteiger partial charge in [0.1, 0.15) is 5.76 Å². The van der Waals surface area contributed by atoms with Gasteiger partial charge < -0.3 is 4.42 Å². The van der Waals surface area contributed by atoms with E-state index >= 15 is 0 Å². The molecule has 2 aromatic carbocycles. The lowest BCUT2D eigenvalue weighted by Crippen LogP contribution is -2.19. The van der Waals surface area contributed by atoms with Crippen molar-refractivity contribution in [3.63, 3.8) is 0 Å². The Bertz CT molecular complexity index is 996. The van der Waals surface area contributed by atoms with Gasteiger partial charge in [-0.3, -0.25) is 4.90 Å². The predicted octanol–water partition coefficient (Wildman–Crippen LogP) is 7.46. The van der Waals surface area contributed by atoms with E-state index in [-0.39, 0.29) is 5.41 Å². The molecule has 0 unspecified atom stereocenters. The molecular formula is C26H31NO. The van der Waals surface area contributed by atoms with E-state index in [9.17, 15) is 0 Å². The fourth-order valence-corrected chi connectivity index (χ4v) is 4.41. The van der Waals surface area contributed by atoms with Crippen LogP contribution in [0.5, 0.6) is 0 Å². The van der Waals surface area contributed by atoms with Crippen molar-refractivity contribution in [2.45, 2.75) is 66.2 Å². The van der Waals surface area contributed by atoms with Crippen LogP contribution >= 0.6 is 0 Å². The highest BCUT2D eigenvalue weighted by Crippen LogP contribution is 2.45. The molecule has 1 aliphatic rings. The second-order valence-corrected chi connectivity index (χ2v) is 9.21. The normalized spacial score (nSPS) is 14.3. The van der Waals surface area contributed by atoms with Gasteiger partial charge in [-0.25, -0.2) is 0 Å². The number of rotatable bonds is 1. The minimum Gasteiger partial charge on any atom is -0.445 e. The predicted molar refractivity (Wildman–Crippen MR) is 118 cm³/mol. The zero-order chi connectivity index (χ0) is 20.1. The Hall–Kier alpha value is -2.48. The fraction of sp³-hybridized carbons (Fsp3) is 0.385. The number of furan rings is 1. The molecule has 0 fully saturated rings. The maximum Gasteiger partial charge on any atom is 0.207 e. The van der Waals surface area contributed by atoms with Crippen molar-refractivity contribution in [1.29, 1.82) is 0 Å². The Morgan fingerprint density at radius 1 is 0.857 bits per heavy atom. The highest BCUT2D eigenvalue weighted by atomic mass is 16.4. The largest absolute Gasteiger partial charge is 0.445 e. The lowest BCUT2D eigenvalue weighted by molar-refractivity contribution is 0.537. The first-order chi connectivity index (χ1) is 13.3. The summed E-state index contributed by atoms with van der Waals surface area (Å²) in [7, 11) is 0. The SMILES string of the molecule is Cc1cc2c(o1)N(c1c(C)cc(C(C)(C)C)cc1C)c1ccccc1CCC2. The average Bonchev–Trinajstić information content (AvgIpc) is 2.96. The molecule has 2 heteroatoms. The van der Waals surface area contributed by atoms with E-state index in [2.05, 4.69) is 88.9 Å². The van der Waals surface area contributed by atoms with Crippen molar-refractivity contribution in [2.75, 3.05) is 4.90 Å². The summed E-state index contributed by atoms with van der Waals surface area (Å²) in [6.45, 7) is 13.3. The molecule has 3 aromatic rings. The molecule has 0 bridgehead atoms. The van der Waals surface area contributed by atoms with Crippen LogP contribution in [0.15, 0.2) is 46.9 Å². The molecule has 0 N–H and O–H groups in total. The maximum atomic E-state index is 6.30. The van der Waals surface area contributed by atoms with Crippen LogP contribution in [-0.2, 0) is 18.3 Å². The Balaban J connectivity index is 1.99. The lowest BCUT2D eigenvalue weighted by atomic mass is 9.84. The van der Waals surface area contributed by atoms with Gasteiger partial charge in [-0.1, -0.05) is 51.1 Å². The molecule has 2 heterocycles. The summed E-state index contributed by atoms with van der Waals surface area (Å²) in [4.78, 5) is 2.37. The third-order valence-electron chi connectivity index (χ3n) is 5.82. The molecule has 4 rings (SSSR count). The minimum absolute atomic E-state index is 0.134. The maximum absolute atomic E-state index is 6.30. The van der Waals surface area contributed by atoms with Gasteiger partial charge in [0.2, 0.25) is 5.88 Å². The summed E-state index contributed by atoms with van der Waals surface area (Å²) < 4.78 is 6.30. The second kappa shape index (κ2) is 6.84. The Morgan fingerprint density at radius 2 is 1.50 bits per heavy atom. The van der Waals surface area contributed by atoms with Crippen LogP contribution in [0, 0.1) is 20.8 Å². The van der Waals surface area contributed by atoms with Crippen LogP contribution in [0.2, 0.25) is 0 Å². The van der Waals surface area contributed by atoms with E-state index in [4.69, 9.17) is 4.42 Å². The van der Waals surface area contributed by atoms with Gasteiger partial charge in [0, 0.05) is 5.56 Å². The van der Waals surface area contributed by atoms with E-state index < -0.39 is 0 Å². The highest BCUT2D eigenvalue weighted by Gasteiger charge is 2.27. The van der Waals surface area contributed by atoms with Crippen molar-refractivity contribution < 1.29 is 4.42 Å². The number of nitrogens with zero attached hydrogens (tertiary/aromatic N) is 1. The monoisotopic (exact) mass is 373 g/mol. The van der Waals surface area contributed by atoms with Crippen molar-refractivity contribution in [1.82, 2.24) is 0 Å². The smallest absolute Gasteiger partial charge is 0.207 e. The van der Waals surface area contributed by atoms with Crippen LogP contribution < -0.4 is 4.90 Å². The Labute approximate surface area is 169 Å². The van der Waals surface area contributed by atoms with Gasteiger partial charge >= 0.3 is 0 Å². The topological polar surface area (TPSA) is 16.4 Å². The van der Waals surface area contributed by atoms with Gasteiger partial charge in [-0.05, 0) is 79.8 Å². The Morgan fingerprint density at radius 3 is 2.18 bits per heavy atom. The minimum atomic E-state index is 0.134. The van der Waals surface area contributed by atoms with E-state index in [1.165, 1.54) is 39.2 Å². The Kier molecular flexibility index (Phi) is 4.61. The number of hydrogen-bond acceptors (Lipinski definition) is 2. The van der Waals surface area contributed by atoms with E-state index in [0.29, 0.717) is 0 Å². The van der Waals surface area contributed by atoms with E-state index in [1.54, 1.807) is 0 Å². The molecule has 0 atom stereocenters. The second-order valence-electron chi connectivity index (χ2n) is 9.21. The molecule has 1 aromatic heterocycles. The van der Waals surface area contributed by atoms with Crippen LogP contribution in [0.1, 0.15) is 60.8 Å². The number of hydrogen-bond donors (Lipinski definition) is 0. The number of para-hydroxylation sites is 1. The van der Waals surface area contributed by atoms with Crippen LogP contribution in [-0.4, -0.2) is 0 Å². The molecule has 0 saturated heterocycles. The summed E-state index contributed by atoms with van der Waals surface area (Å²) in [5, 5.41) is 0. The van der Waals surface area contributed by atoms with Crippen LogP contribution in [0.25, 0.3) is 0 Å². The molecule has 1 aliphatic heterocycles. The van der Waals surface area contributed by atoms with Crippen LogP contribution in [0.4, 0.5) is 17.3 Å². The average molecular weight is 374 g/mol. The molecule has 146 valence electrons. The third kappa shape index (κ3) is 3.26. The standard InChI is InChI=1S/C26H31NO/c1-17-14-22(26(4,5)6)15-18(2)24(17)27-23-13-8-7-10-20(23)11-9-12-21-16-19(3)28-25(21)27/h7-8,10,13-16H,9,11-12H2,1-6H3. The molecule has 0 radical (unpaired) electrons. The van der Waals surface area contributed by atoms with Gasteiger partial charge in [0.15, 0.2) is 0 Å². The number of fused-ring (bicyclic) bond motifs is 2.